The minimum Gasteiger partial charge on any atom is -0.349 e. The molecule has 1 aromatic carbocycles. The number of aromatic nitrogens is 2. The topological polar surface area (TPSA) is 19.7 Å². The maximum atomic E-state index is 3.60. The molecule has 0 amide bonds. The number of nitrogens with zero attached hydrogens (tertiary/aromatic N) is 1. The normalized spacial score (nSPS) is 13.6. The van der Waals surface area contributed by atoms with Gasteiger partial charge in [-0.1, -0.05) is 32.0 Å². The Morgan fingerprint density at radius 2 is 1.95 bits per heavy atom. The van der Waals surface area contributed by atoms with E-state index in [0.717, 1.165) is 13.0 Å². The molecular formula is C18H19N2+. The van der Waals surface area contributed by atoms with E-state index in [1.54, 1.807) is 0 Å². The van der Waals surface area contributed by atoms with Crippen LogP contribution in [0.4, 0.5) is 0 Å². The molecule has 0 saturated heterocycles. The summed E-state index contributed by atoms with van der Waals surface area (Å²) in [5, 5.41) is 1.38. The molecule has 0 aliphatic carbocycles. The van der Waals surface area contributed by atoms with E-state index in [0.29, 0.717) is 5.92 Å². The molecule has 0 bridgehead atoms. The first-order valence-electron chi connectivity index (χ1n) is 7.37. The van der Waals surface area contributed by atoms with Crippen molar-refractivity contribution < 1.29 is 4.57 Å². The molecule has 3 aromatic rings. The Morgan fingerprint density at radius 3 is 2.80 bits per heavy atom. The summed E-state index contributed by atoms with van der Waals surface area (Å²) in [6.45, 7) is 5.57. The Hall–Kier alpha value is -2.09. The number of para-hydroxylation sites is 1. The lowest BCUT2D eigenvalue weighted by Crippen LogP contribution is -2.40. The maximum absolute atomic E-state index is 3.60. The van der Waals surface area contributed by atoms with Gasteiger partial charge in [0.05, 0.1) is 0 Å². The maximum Gasteiger partial charge on any atom is 0.229 e. The van der Waals surface area contributed by atoms with E-state index >= 15 is 0 Å². The zero-order valence-electron chi connectivity index (χ0n) is 12.0. The van der Waals surface area contributed by atoms with E-state index in [9.17, 15) is 0 Å². The van der Waals surface area contributed by atoms with Gasteiger partial charge in [0.2, 0.25) is 5.69 Å². The summed E-state index contributed by atoms with van der Waals surface area (Å²) in [6.07, 6.45) is 3.42. The Morgan fingerprint density at radius 1 is 1.10 bits per heavy atom. The van der Waals surface area contributed by atoms with Crippen molar-refractivity contribution in [3.05, 3.63) is 53.7 Å². The van der Waals surface area contributed by atoms with Crippen LogP contribution in [0, 0.1) is 0 Å². The fourth-order valence-corrected chi connectivity index (χ4v) is 3.23. The fourth-order valence-electron chi connectivity index (χ4n) is 3.23. The predicted octanol–water partition coefficient (Wildman–Crippen LogP) is 3.80. The molecule has 0 unspecified atom stereocenters. The van der Waals surface area contributed by atoms with Crippen molar-refractivity contribution in [3.8, 4) is 11.4 Å². The molecule has 4 rings (SSSR count). The minimum atomic E-state index is 0.580. The molecule has 0 atom stereocenters. The molecule has 1 aliphatic rings. The van der Waals surface area contributed by atoms with E-state index in [-0.39, 0.29) is 0 Å². The molecule has 2 heteroatoms. The molecule has 0 saturated carbocycles. The van der Waals surface area contributed by atoms with Crippen molar-refractivity contribution in [2.75, 3.05) is 0 Å². The van der Waals surface area contributed by atoms with Gasteiger partial charge in [-0.15, -0.1) is 0 Å². The number of pyridine rings is 1. The SMILES string of the molecule is CC(C)c1ccc2[n+](c1)CCc1c-2[nH]c2ccccc12. The van der Waals surface area contributed by atoms with Gasteiger partial charge in [-0.2, -0.15) is 4.57 Å². The Bertz CT molecular complexity index is 796. The van der Waals surface area contributed by atoms with Gasteiger partial charge in [-0.05, 0) is 23.6 Å². The number of aryl methyl sites for hydroxylation is 2. The van der Waals surface area contributed by atoms with Gasteiger partial charge < -0.3 is 4.98 Å². The van der Waals surface area contributed by atoms with Crippen molar-refractivity contribution in [2.45, 2.75) is 32.7 Å². The van der Waals surface area contributed by atoms with Crippen LogP contribution in [0.1, 0.15) is 30.9 Å². The Kier molecular flexibility index (Phi) is 2.46. The highest BCUT2D eigenvalue weighted by atomic mass is 15.0. The minimum absolute atomic E-state index is 0.580. The van der Waals surface area contributed by atoms with Crippen LogP contribution in [-0.2, 0) is 13.0 Å². The second kappa shape index (κ2) is 4.20. The highest BCUT2D eigenvalue weighted by Crippen LogP contribution is 2.32. The van der Waals surface area contributed by atoms with Crippen molar-refractivity contribution in [3.63, 3.8) is 0 Å². The van der Waals surface area contributed by atoms with Gasteiger partial charge in [0.15, 0.2) is 12.7 Å². The third-order valence-electron chi connectivity index (χ3n) is 4.39. The Labute approximate surface area is 119 Å². The summed E-state index contributed by atoms with van der Waals surface area (Å²) >= 11 is 0. The van der Waals surface area contributed by atoms with Crippen LogP contribution in [0.15, 0.2) is 42.6 Å². The van der Waals surface area contributed by atoms with Gasteiger partial charge in [0.1, 0.15) is 5.69 Å². The molecule has 1 N–H and O–H groups in total. The molecule has 2 aromatic heterocycles. The molecule has 20 heavy (non-hydrogen) atoms. The van der Waals surface area contributed by atoms with E-state index in [1.165, 1.54) is 33.4 Å². The van der Waals surface area contributed by atoms with Gasteiger partial charge in [0, 0.05) is 29.0 Å². The zero-order chi connectivity index (χ0) is 13.7. The van der Waals surface area contributed by atoms with Gasteiger partial charge in [-0.25, -0.2) is 0 Å². The van der Waals surface area contributed by atoms with Gasteiger partial charge in [-0.3, -0.25) is 0 Å². The van der Waals surface area contributed by atoms with Gasteiger partial charge >= 0.3 is 0 Å². The Balaban J connectivity index is 1.95. The van der Waals surface area contributed by atoms with Crippen LogP contribution in [0.25, 0.3) is 22.3 Å². The summed E-state index contributed by atoms with van der Waals surface area (Å²) in [7, 11) is 0. The van der Waals surface area contributed by atoms with E-state index in [2.05, 4.69) is 66.0 Å². The second-order valence-corrected chi connectivity index (χ2v) is 5.97. The molecule has 100 valence electrons. The van der Waals surface area contributed by atoms with Crippen LogP contribution in [0.3, 0.4) is 0 Å². The lowest BCUT2D eigenvalue weighted by Gasteiger charge is -2.13. The van der Waals surface area contributed by atoms with E-state index in [1.807, 2.05) is 0 Å². The van der Waals surface area contributed by atoms with Crippen LogP contribution in [0.2, 0.25) is 0 Å². The molecule has 1 aliphatic heterocycles. The molecular weight excluding hydrogens is 244 g/mol. The zero-order valence-corrected chi connectivity index (χ0v) is 12.0. The summed E-state index contributed by atoms with van der Waals surface area (Å²) in [4.78, 5) is 3.60. The lowest BCUT2D eigenvalue weighted by atomic mass is 9.99. The first kappa shape index (κ1) is 11.7. The summed E-state index contributed by atoms with van der Waals surface area (Å²) < 4.78 is 2.40. The third kappa shape index (κ3) is 1.61. The monoisotopic (exact) mass is 263 g/mol. The number of H-pyrrole nitrogens is 1. The first-order valence-corrected chi connectivity index (χ1v) is 7.37. The van der Waals surface area contributed by atoms with Crippen molar-refractivity contribution in [1.82, 2.24) is 4.98 Å². The highest BCUT2D eigenvalue weighted by molar-refractivity contribution is 5.90. The van der Waals surface area contributed by atoms with Crippen LogP contribution in [-0.4, -0.2) is 4.98 Å². The summed E-state index contributed by atoms with van der Waals surface area (Å²) in [6, 6.07) is 13.1. The van der Waals surface area contributed by atoms with Crippen LogP contribution >= 0.6 is 0 Å². The van der Waals surface area contributed by atoms with Crippen molar-refractivity contribution in [2.24, 2.45) is 0 Å². The second-order valence-electron chi connectivity index (χ2n) is 5.97. The number of aromatic amines is 1. The first-order chi connectivity index (χ1) is 9.74. The lowest BCUT2D eigenvalue weighted by molar-refractivity contribution is -0.688. The predicted molar refractivity (Wildman–Crippen MR) is 81.7 cm³/mol. The van der Waals surface area contributed by atoms with E-state index in [4.69, 9.17) is 0 Å². The van der Waals surface area contributed by atoms with Crippen LogP contribution < -0.4 is 4.57 Å². The average Bonchev–Trinajstić information content (AvgIpc) is 2.85. The van der Waals surface area contributed by atoms with Crippen LogP contribution in [0.5, 0.6) is 0 Å². The number of nitrogens with one attached hydrogen (secondary N) is 1. The number of benzene rings is 1. The fraction of sp³-hybridized carbons (Fsp3) is 0.278. The number of hydrogen-bond acceptors (Lipinski definition) is 0. The van der Waals surface area contributed by atoms with Gasteiger partial charge in [0.25, 0.3) is 0 Å². The average molecular weight is 263 g/mol. The van der Waals surface area contributed by atoms with E-state index < -0.39 is 0 Å². The quantitative estimate of drug-likeness (QED) is 0.644. The number of rotatable bonds is 1. The molecule has 0 spiro atoms. The van der Waals surface area contributed by atoms with Crippen molar-refractivity contribution >= 4 is 10.9 Å². The van der Waals surface area contributed by atoms with Crippen molar-refractivity contribution in [1.29, 1.82) is 0 Å². The smallest absolute Gasteiger partial charge is 0.229 e. The molecule has 2 nitrogen and oxygen atoms in total. The third-order valence-corrected chi connectivity index (χ3v) is 4.39. The summed E-state index contributed by atoms with van der Waals surface area (Å²) in [5.74, 6) is 0.580. The largest absolute Gasteiger partial charge is 0.349 e. The molecule has 0 fully saturated rings. The molecule has 0 radical (unpaired) electrons. The summed E-state index contributed by atoms with van der Waals surface area (Å²) in [5.41, 5.74) is 6.74. The standard InChI is InChI=1S/C18H18N2/c1-12(2)13-7-8-17-18-15(9-10-20(17)11-13)14-5-3-4-6-16(14)19-18/h3-8,11-12H,9-10H2,1-2H3/p+1. The number of fused-ring (bicyclic) bond motifs is 5. The number of hydrogen-bond donors (Lipinski definition) is 1. The molecule has 3 heterocycles. The highest BCUT2D eigenvalue weighted by Gasteiger charge is 2.26.